The summed E-state index contributed by atoms with van der Waals surface area (Å²) in [5.41, 5.74) is 8.38. The molecule has 0 aromatic rings. The number of carbonyl (C=O) groups excluding carboxylic acids is 1. The zero-order valence-electron chi connectivity index (χ0n) is 11.1. The summed E-state index contributed by atoms with van der Waals surface area (Å²) in [5.74, 6) is -0.778. The van der Waals surface area contributed by atoms with Crippen molar-refractivity contribution in [3.05, 3.63) is 0 Å². The Kier molecular flexibility index (Phi) is 5.87. The second kappa shape index (κ2) is 7.17. The molecule has 4 N–H and O–H groups in total. The number of amides is 1. The predicted molar refractivity (Wildman–Crippen MR) is 69.0 cm³/mol. The number of carbonyl (C=O) groups is 1. The Balaban J connectivity index is 2.51. The SMILES string of the molecule is CCCC(C(=O)NN1CCN(C)CC1)C(N)=NO. The summed E-state index contributed by atoms with van der Waals surface area (Å²) in [6, 6.07) is 0. The molecule has 1 fully saturated rings. The number of likely N-dealkylation sites (N-methyl/N-ethyl adjacent to an activating group) is 1. The van der Waals surface area contributed by atoms with Crippen molar-refractivity contribution in [1.82, 2.24) is 15.3 Å². The van der Waals surface area contributed by atoms with Gasteiger partial charge in [0.15, 0.2) is 5.84 Å². The van der Waals surface area contributed by atoms with Gasteiger partial charge < -0.3 is 15.8 Å². The molecule has 104 valence electrons. The molecule has 1 amide bonds. The number of hydrogen-bond acceptors (Lipinski definition) is 5. The van der Waals surface area contributed by atoms with Gasteiger partial charge in [-0.2, -0.15) is 0 Å². The van der Waals surface area contributed by atoms with Crippen molar-refractivity contribution in [3.63, 3.8) is 0 Å². The quantitative estimate of drug-likeness (QED) is 0.265. The molecular weight excluding hydrogens is 234 g/mol. The van der Waals surface area contributed by atoms with Crippen LogP contribution in [0.25, 0.3) is 0 Å². The molecule has 1 aliphatic heterocycles. The van der Waals surface area contributed by atoms with Gasteiger partial charge in [0.1, 0.15) is 5.92 Å². The molecule has 0 aliphatic carbocycles. The third kappa shape index (κ3) is 4.15. The molecule has 1 heterocycles. The van der Waals surface area contributed by atoms with E-state index in [4.69, 9.17) is 10.9 Å². The average Bonchev–Trinajstić information content (AvgIpc) is 2.37. The number of nitrogens with zero attached hydrogens (tertiary/aromatic N) is 3. The Bertz CT molecular complexity index is 300. The fourth-order valence-corrected chi connectivity index (χ4v) is 1.92. The van der Waals surface area contributed by atoms with Crippen LogP contribution in [0, 0.1) is 5.92 Å². The number of rotatable bonds is 5. The van der Waals surface area contributed by atoms with E-state index in [2.05, 4.69) is 22.5 Å². The second-order valence-electron chi connectivity index (χ2n) is 4.63. The maximum Gasteiger partial charge on any atom is 0.245 e. The molecule has 1 saturated heterocycles. The van der Waals surface area contributed by atoms with Gasteiger partial charge in [-0.05, 0) is 13.5 Å². The lowest BCUT2D eigenvalue weighted by atomic mass is 10.0. The molecule has 0 saturated carbocycles. The number of nitrogens with one attached hydrogen (secondary N) is 1. The Morgan fingerprint density at radius 1 is 1.44 bits per heavy atom. The summed E-state index contributed by atoms with van der Waals surface area (Å²) in [6.45, 7) is 5.37. The number of hydrogen-bond donors (Lipinski definition) is 3. The Morgan fingerprint density at radius 3 is 2.56 bits per heavy atom. The van der Waals surface area contributed by atoms with Gasteiger partial charge in [0.05, 0.1) is 0 Å². The minimum Gasteiger partial charge on any atom is -0.409 e. The number of hydrazine groups is 1. The van der Waals surface area contributed by atoms with E-state index in [1.54, 1.807) is 0 Å². The third-order valence-corrected chi connectivity index (χ3v) is 3.14. The van der Waals surface area contributed by atoms with Gasteiger partial charge in [0.25, 0.3) is 0 Å². The third-order valence-electron chi connectivity index (χ3n) is 3.14. The molecule has 1 aliphatic rings. The van der Waals surface area contributed by atoms with Gasteiger partial charge in [-0.1, -0.05) is 18.5 Å². The van der Waals surface area contributed by atoms with E-state index in [0.717, 1.165) is 32.6 Å². The van der Waals surface area contributed by atoms with Gasteiger partial charge in [-0.3, -0.25) is 10.2 Å². The van der Waals surface area contributed by atoms with Crippen molar-refractivity contribution in [1.29, 1.82) is 0 Å². The van der Waals surface area contributed by atoms with Crippen molar-refractivity contribution in [2.45, 2.75) is 19.8 Å². The summed E-state index contributed by atoms with van der Waals surface area (Å²) in [6.07, 6.45) is 1.38. The van der Waals surface area contributed by atoms with Crippen LogP contribution in [0.2, 0.25) is 0 Å². The fraction of sp³-hybridized carbons (Fsp3) is 0.818. The summed E-state index contributed by atoms with van der Waals surface area (Å²) in [5, 5.41) is 13.5. The van der Waals surface area contributed by atoms with Crippen molar-refractivity contribution < 1.29 is 10.0 Å². The van der Waals surface area contributed by atoms with Crippen LogP contribution in [0.5, 0.6) is 0 Å². The first-order valence-electron chi connectivity index (χ1n) is 6.29. The molecule has 0 aromatic heterocycles. The summed E-state index contributed by atoms with van der Waals surface area (Å²) < 4.78 is 0. The summed E-state index contributed by atoms with van der Waals surface area (Å²) in [7, 11) is 2.05. The fourth-order valence-electron chi connectivity index (χ4n) is 1.92. The minimum atomic E-state index is -0.556. The lowest BCUT2D eigenvalue weighted by molar-refractivity contribution is -0.129. The van der Waals surface area contributed by atoms with Crippen LogP contribution in [0.3, 0.4) is 0 Å². The molecule has 18 heavy (non-hydrogen) atoms. The minimum absolute atomic E-state index is 0.0246. The van der Waals surface area contributed by atoms with Crippen LogP contribution < -0.4 is 11.2 Å². The molecule has 1 rings (SSSR count). The topological polar surface area (TPSA) is 94.2 Å². The predicted octanol–water partition coefficient (Wildman–Crippen LogP) is -0.572. The van der Waals surface area contributed by atoms with Crippen LogP contribution in [0.1, 0.15) is 19.8 Å². The average molecular weight is 257 g/mol. The van der Waals surface area contributed by atoms with Gasteiger partial charge in [0.2, 0.25) is 5.91 Å². The second-order valence-corrected chi connectivity index (χ2v) is 4.63. The number of oxime groups is 1. The van der Waals surface area contributed by atoms with E-state index in [9.17, 15) is 4.79 Å². The molecule has 0 spiro atoms. The first-order chi connectivity index (χ1) is 8.58. The highest BCUT2D eigenvalue weighted by molar-refractivity contribution is 6.01. The number of amidine groups is 1. The Labute approximate surface area is 108 Å². The summed E-state index contributed by atoms with van der Waals surface area (Å²) in [4.78, 5) is 14.2. The van der Waals surface area contributed by atoms with Crippen LogP contribution >= 0.6 is 0 Å². The zero-order valence-corrected chi connectivity index (χ0v) is 11.1. The smallest absolute Gasteiger partial charge is 0.245 e. The van der Waals surface area contributed by atoms with Gasteiger partial charge in [-0.15, -0.1) is 0 Å². The van der Waals surface area contributed by atoms with Crippen molar-refractivity contribution in [2.75, 3.05) is 33.2 Å². The summed E-state index contributed by atoms with van der Waals surface area (Å²) >= 11 is 0. The molecule has 1 unspecified atom stereocenters. The Hall–Kier alpha value is -1.34. The molecule has 7 heteroatoms. The normalized spacial score (nSPS) is 20.7. The van der Waals surface area contributed by atoms with Crippen LogP contribution in [0.15, 0.2) is 5.16 Å². The first-order valence-corrected chi connectivity index (χ1v) is 6.29. The van der Waals surface area contributed by atoms with Crippen LogP contribution in [-0.2, 0) is 4.79 Å². The standard InChI is InChI=1S/C11H23N5O2/c1-3-4-9(10(12)14-18)11(17)13-16-7-5-15(2)6-8-16/h9,18H,3-8H2,1-2H3,(H2,12,14)(H,13,17). The molecular formula is C11H23N5O2. The zero-order chi connectivity index (χ0) is 13.5. The maximum absolute atomic E-state index is 12.0. The lowest BCUT2D eigenvalue weighted by Crippen LogP contribution is -2.54. The Morgan fingerprint density at radius 2 is 2.06 bits per heavy atom. The molecule has 0 radical (unpaired) electrons. The molecule has 7 nitrogen and oxygen atoms in total. The largest absolute Gasteiger partial charge is 0.409 e. The lowest BCUT2D eigenvalue weighted by Gasteiger charge is -2.33. The highest BCUT2D eigenvalue weighted by atomic mass is 16.4. The van der Waals surface area contributed by atoms with Crippen molar-refractivity contribution in [2.24, 2.45) is 16.8 Å². The first kappa shape index (κ1) is 14.7. The van der Waals surface area contributed by atoms with Gasteiger partial charge in [0, 0.05) is 26.2 Å². The van der Waals surface area contributed by atoms with E-state index >= 15 is 0 Å². The molecule has 1 atom stereocenters. The molecule has 0 aromatic carbocycles. The van der Waals surface area contributed by atoms with Gasteiger partial charge in [-0.25, -0.2) is 5.01 Å². The van der Waals surface area contributed by atoms with Crippen molar-refractivity contribution >= 4 is 11.7 Å². The number of piperazine rings is 1. The molecule has 0 bridgehead atoms. The highest BCUT2D eigenvalue weighted by Crippen LogP contribution is 2.07. The van der Waals surface area contributed by atoms with Crippen LogP contribution in [-0.4, -0.2) is 60.1 Å². The van der Waals surface area contributed by atoms with Crippen LogP contribution in [0.4, 0.5) is 0 Å². The number of nitrogens with two attached hydrogens (primary N) is 1. The van der Waals surface area contributed by atoms with E-state index in [1.807, 2.05) is 11.9 Å². The van der Waals surface area contributed by atoms with E-state index in [0.29, 0.717) is 6.42 Å². The van der Waals surface area contributed by atoms with E-state index < -0.39 is 5.92 Å². The van der Waals surface area contributed by atoms with Gasteiger partial charge >= 0.3 is 0 Å². The monoisotopic (exact) mass is 257 g/mol. The van der Waals surface area contributed by atoms with E-state index in [1.165, 1.54) is 0 Å². The van der Waals surface area contributed by atoms with Crippen molar-refractivity contribution in [3.8, 4) is 0 Å². The van der Waals surface area contributed by atoms with E-state index in [-0.39, 0.29) is 11.7 Å². The maximum atomic E-state index is 12.0. The highest BCUT2D eigenvalue weighted by Gasteiger charge is 2.25.